The summed E-state index contributed by atoms with van der Waals surface area (Å²) in [4.78, 5) is 11.6. The van der Waals surface area contributed by atoms with Crippen LogP contribution < -0.4 is 5.73 Å². The Hall–Kier alpha value is -2.00. The van der Waals surface area contributed by atoms with Gasteiger partial charge in [0, 0.05) is 0 Å². The fourth-order valence-electron chi connectivity index (χ4n) is 2.28. The molecule has 21 heavy (non-hydrogen) atoms. The Balaban J connectivity index is 2.32. The third-order valence-corrected chi connectivity index (χ3v) is 4.08. The van der Waals surface area contributed by atoms with Gasteiger partial charge >= 0.3 is 5.97 Å². The highest BCUT2D eigenvalue weighted by atomic mass is 35.5. The van der Waals surface area contributed by atoms with Crippen molar-refractivity contribution in [2.75, 3.05) is 5.73 Å². The van der Waals surface area contributed by atoms with Crippen LogP contribution in [0.3, 0.4) is 0 Å². The van der Waals surface area contributed by atoms with Gasteiger partial charge in [0.1, 0.15) is 0 Å². The first-order chi connectivity index (χ1) is 9.88. The second-order valence-electron chi connectivity index (χ2n) is 5.29. The molecule has 2 rings (SSSR count). The normalized spacial score (nSPS) is 12.1. The van der Waals surface area contributed by atoms with Crippen molar-refractivity contribution in [2.45, 2.75) is 26.2 Å². The van der Waals surface area contributed by atoms with Crippen LogP contribution in [-0.2, 0) is 11.2 Å². The van der Waals surface area contributed by atoms with Gasteiger partial charge in [-0.1, -0.05) is 35.9 Å². The van der Waals surface area contributed by atoms with E-state index in [1.165, 1.54) is 0 Å². The summed E-state index contributed by atoms with van der Waals surface area (Å²) in [5.74, 6) is -1.43. The van der Waals surface area contributed by atoms with E-state index in [0.717, 1.165) is 22.3 Å². The summed E-state index contributed by atoms with van der Waals surface area (Å²) in [7, 11) is 0. The number of carboxylic acids is 1. The van der Waals surface area contributed by atoms with E-state index >= 15 is 0 Å². The van der Waals surface area contributed by atoms with E-state index in [0.29, 0.717) is 17.1 Å². The number of nitrogens with two attached hydrogens (primary N) is 1. The standard InChI is InChI=1S/C17H18ClNO2/c1-10-3-5-13(7-11(10)2)14(17(20)21)8-12-4-6-15(18)16(19)9-12/h3-7,9,14H,8,19H2,1-2H3,(H,20,21). The molecule has 3 nitrogen and oxygen atoms in total. The first-order valence-corrected chi connectivity index (χ1v) is 7.10. The number of carbonyl (C=O) groups is 1. The molecule has 0 radical (unpaired) electrons. The van der Waals surface area contributed by atoms with Gasteiger partial charge in [0.05, 0.1) is 16.6 Å². The number of anilines is 1. The lowest BCUT2D eigenvalue weighted by atomic mass is 9.90. The van der Waals surface area contributed by atoms with E-state index in [2.05, 4.69) is 0 Å². The summed E-state index contributed by atoms with van der Waals surface area (Å²) in [6, 6.07) is 11.0. The van der Waals surface area contributed by atoms with Crippen LogP contribution in [0.25, 0.3) is 0 Å². The van der Waals surface area contributed by atoms with E-state index < -0.39 is 11.9 Å². The Kier molecular flexibility index (Phi) is 4.53. The van der Waals surface area contributed by atoms with Crippen molar-refractivity contribution in [3.05, 3.63) is 63.7 Å². The van der Waals surface area contributed by atoms with Gasteiger partial charge in [-0.15, -0.1) is 0 Å². The molecule has 0 aromatic heterocycles. The van der Waals surface area contributed by atoms with Crippen molar-refractivity contribution in [1.82, 2.24) is 0 Å². The first kappa shape index (κ1) is 15.4. The van der Waals surface area contributed by atoms with Gasteiger partial charge in [0.2, 0.25) is 0 Å². The van der Waals surface area contributed by atoms with Crippen molar-refractivity contribution < 1.29 is 9.90 Å². The fraction of sp³-hybridized carbons (Fsp3) is 0.235. The SMILES string of the molecule is Cc1ccc(C(Cc2ccc(Cl)c(N)c2)C(=O)O)cc1C. The Labute approximate surface area is 129 Å². The van der Waals surface area contributed by atoms with Gasteiger partial charge in [-0.25, -0.2) is 0 Å². The molecule has 110 valence electrons. The Morgan fingerprint density at radius 3 is 2.48 bits per heavy atom. The van der Waals surface area contributed by atoms with Crippen LogP contribution in [0.15, 0.2) is 36.4 Å². The average Bonchev–Trinajstić information content (AvgIpc) is 2.43. The molecule has 0 fully saturated rings. The summed E-state index contributed by atoms with van der Waals surface area (Å²) in [5.41, 5.74) is 10.2. The summed E-state index contributed by atoms with van der Waals surface area (Å²) in [5, 5.41) is 10.00. The Morgan fingerprint density at radius 1 is 1.19 bits per heavy atom. The van der Waals surface area contributed by atoms with Crippen molar-refractivity contribution >= 4 is 23.3 Å². The van der Waals surface area contributed by atoms with Gasteiger partial charge in [-0.3, -0.25) is 4.79 Å². The lowest BCUT2D eigenvalue weighted by Crippen LogP contribution is -2.15. The second-order valence-corrected chi connectivity index (χ2v) is 5.70. The highest BCUT2D eigenvalue weighted by Crippen LogP contribution is 2.26. The zero-order valence-corrected chi connectivity index (χ0v) is 12.8. The summed E-state index contributed by atoms with van der Waals surface area (Å²) in [6.07, 6.45) is 0.388. The number of benzene rings is 2. The van der Waals surface area contributed by atoms with Crippen molar-refractivity contribution in [2.24, 2.45) is 0 Å². The second kappa shape index (κ2) is 6.19. The molecule has 3 N–H and O–H groups in total. The topological polar surface area (TPSA) is 63.3 Å². The molecular weight excluding hydrogens is 286 g/mol. The van der Waals surface area contributed by atoms with Crippen LogP contribution in [0.1, 0.15) is 28.2 Å². The van der Waals surface area contributed by atoms with Crippen molar-refractivity contribution in [3.8, 4) is 0 Å². The fourth-order valence-corrected chi connectivity index (χ4v) is 2.40. The highest BCUT2D eigenvalue weighted by molar-refractivity contribution is 6.33. The smallest absolute Gasteiger partial charge is 0.311 e. The minimum absolute atomic E-state index is 0.388. The van der Waals surface area contributed by atoms with Crippen molar-refractivity contribution in [1.29, 1.82) is 0 Å². The lowest BCUT2D eigenvalue weighted by molar-refractivity contribution is -0.138. The maximum absolute atomic E-state index is 11.6. The molecule has 0 aliphatic heterocycles. The number of aryl methyl sites for hydroxylation is 2. The number of nitrogen functional groups attached to an aromatic ring is 1. The molecule has 0 aliphatic rings. The zero-order valence-electron chi connectivity index (χ0n) is 12.1. The maximum atomic E-state index is 11.6. The Morgan fingerprint density at radius 2 is 1.90 bits per heavy atom. The molecule has 0 bridgehead atoms. The minimum atomic E-state index is -0.841. The molecule has 0 amide bonds. The minimum Gasteiger partial charge on any atom is -0.481 e. The zero-order chi connectivity index (χ0) is 15.6. The van der Waals surface area contributed by atoms with Crippen LogP contribution in [0.4, 0.5) is 5.69 Å². The van der Waals surface area contributed by atoms with Gasteiger partial charge in [-0.05, 0) is 54.7 Å². The third-order valence-electron chi connectivity index (χ3n) is 3.73. The average molecular weight is 304 g/mol. The number of hydrogen-bond donors (Lipinski definition) is 2. The molecule has 4 heteroatoms. The summed E-state index contributed by atoms with van der Waals surface area (Å²) in [6.45, 7) is 3.99. The number of aliphatic carboxylic acids is 1. The van der Waals surface area contributed by atoms with E-state index in [-0.39, 0.29) is 0 Å². The molecule has 1 unspecified atom stereocenters. The molecule has 1 atom stereocenters. The van der Waals surface area contributed by atoms with E-state index in [9.17, 15) is 9.90 Å². The van der Waals surface area contributed by atoms with E-state index in [1.807, 2.05) is 38.1 Å². The molecule has 2 aromatic carbocycles. The number of halogens is 1. The maximum Gasteiger partial charge on any atom is 0.311 e. The van der Waals surface area contributed by atoms with Crippen LogP contribution in [0.2, 0.25) is 5.02 Å². The van der Waals surface area contributed by atoms with Crippen LogP contribution in [-0.4, -0.2) is 11.1 Å². The summed E-state index contributed by atoms with van der Waals surface area (Å²) < 4.78 is 0. The number of rotatable bonds is 4. The quantitative estimate of drug-likeness (QED) is 0.841. The van der Waals surface area contributed by atoms with Gasteiger partial charge < -0.3 is 10.8 Å². The van der Waals surface area contributed by atoms with Crippen LogP contribution in [0, 0.1) is 13.8 Å². The predicted octanol–water partition coefficient (Wildman–Crippen LogP) is 3.95. The molecule has 0 saturated carbocycles. The molecule has 2 aromatic rings. The van der Waals surface area contributed by atoms with E-state index in [4.69, 9.17) is 17.3 Å². The lowest BCUT2D eigenvalue weighted by Gasteiger charge is -2.15. The van der Waals surface area contributed by atoms with Crippen LogP contribution >= 0.6 is 11.6 Å². The third kappa shape index (κ3) is 3.56. The molecular formula is C17H18ClNO2. The number of carboxylic acid groups (broad SMARTS) is 1. The molecule has 0 spiro atoms. The molecule has 0 aliphatic carbocycles. The highest BCUT2D eigenvalue weighted by Gasteiger charge is 2.21. The van der Waals surface area contributed by atoms with Crippen LogP contribution in [0.5, 0.6) is 0 Å². The first-order valence-electron chi connectivity index (χ1n) is 6.72. The molecule has 0 heterocycles. The predicted molar refractivity (Wildman–Crippen MR) is 85.9 cm³/mol. The Bertz CT molecular complexity index is 682. The summed E-state index contributed by atoms with van der Waals surface area (Å²) >= 11 is 5.89. The van der Waals surface area contributed by atoms with Gasteiger partial charge in [0.15, 0.2) is 0 Å². The van der Waals surface area contributed by atoms with E-state index in [1.54, 1.807) is 12.1 Å². The van der Waals surface area contributed by atoms with Crippen molar-refractivity contribution in [3.63, 3.8) is 0 Å². The number of hydrogen-bond acceptors (Lipinski definition) is 2. The monoisotopic (exact) mass is 303 g/mol. The van der Waals surface area contributed by atoms with Gasteiger partial charge in [-0.2, -0.15) is 0 Å². The largest absolute Gasteiger partial charge is 0.481 e. The molecule has 0 saturated heterocycles. The van der Waals surface area contributed by atoms with Gasteiger partial charge in [0.25, 0.3) is 0 Å².